The average Bonchev–Trinajstić information content (AvgIpc) is 2.53. The standard InChI is InChI=1S/C17H15BrN2O3/c1-11(21)13-3-2-4-15(9-13)20-16(22)10-19-17(23)12-5-7-14(18)8-6-12/h2-9H,10H2,1H3,(H,19,23)(H,20,22). The molecule has 0 fully saturated rings. The van der Waals surface area contributed by atoms with E-state index in [4.69, 9.17) is 0 Å². The van der Waals surface area contributed by atoms with E-state index in [1.165, 1.54) is 6.92 Å². The quantitative estimate of drug-likeness (QED) is 0.789. The van der Waals surface area contributed by atoms with Crippen molar-refractivity contribution in [1.82, 2.24) is 5.32 Å². The minimum Gasteiger partial charge on any atom is -0.343 e. The molecule has 0 heterocycles. The molecule has 2 N–H and O–H groups in total. The van der Waals surface area contributed by atoms with Gasteiger partial charge >= 0.3 is 0 Å². The number of carbonyl (C=O) groups excluding carboxylic acids is 3. The normalized spacial score (nSPS) is 10.0. The van der Waals surface area contributed by atoms with Gasteiger partial charge in [0.05, 0.1) is 6.54 Å². The van der Waals surface area contributed by atoms with Gasteiger partial charge in [-0.25, -0.2) is 0 Å². The summed E-state index contributed by atoms with van der Waals surface area (Å²) in [5, 5.41) is 5.18. The predicted molar refractivity (Wildman–Crippen MR) is 91.6 cm³/mol. The van der Waals surface area contributed by atoms with Gasteiger partial charge in [-0.3, -0.25) is 14.4 Å². The number of carbonyl (C=O) groups is 3. The molecule has 0 aliphatic rings. The zero-order chi connectivity index (χ0) is 16.8. The molecule has 2 aromatic carbocycles. The molecule has 0 aliphatic carbocycles. The Hall–Kier alpha value is -2.47. The number of nitrogens with one attached hydrogen (secondary N) is 2. The Morgan fingerprint density at radius 2 is 1.70 bits per heavy atom. The lowest BCUT2D eigenvalue weighted by molar-refractivity contribution is -0.115. The molecule has 2 amide bonds. The van der Waals surface area contributed by atoms with Crippen molar-refractivity contribution in [2.45, 2.75) is 6.92 Å². The molecule has 0 saturated carbocycles. The molecule has 6 heteroatoms. The van der Waals surface area contributed by atoms with Crippen molar-refractivity contribution in [1.29, 1.82) is 0 Å². The molecule has 2 rings (SSSR count). The number of ketones is 1. The zero-order valence-corrected chi connectivity index (χ0v) is 14.0. The molecule has 23 heavy (non-hydrogen) atoms. The van der Waals surface area contributed by atoms with E-state index in [9.17, 15) is 14.4 Å². The monoisotopic (exact) mass is 374 g/mol. The number of amides is 2. The Bertz CT molecular complexity index is 742. The van der Waals surface area contributed by atoms with E-state index >= 15 is 0 Å². The molecule has 2 aromatic rings. The summed E-state index contributed by atoms with van der Waals surface area (Å²) in [6, 6.07) is 13.5. The predicted octanol–water partition coefficient (Wildman–Crippen LogP) is 3.02. The number of benzene rings is 2. The van der Waals surface area contributed by atoms with Crippen LogP contribution >= 0.6 is 15.9 Å². The van der Waals surface area contributed by atoms with E-state index in [1.807, 2.05) is 0 Å². The van der Waals surface area contributed by atoms with Crippen LogP contribution in [0.15, 0.2) is 53.0 Å². The van der Waals surface area contributed by atoms with Crippen LogP contribution in [0.1, 0.15) is 27.6 Å². The van der Waals surface area contributed by atoms with Gasteiger partial charge in [-0.2, -0.15) is 0 Å². The SMILES string of the molecule is CC(=O)c1cccc(NC(=O)CNC(=O)c2ccc(Br)cc2)c1. The Labute approximate surface area is 142 Å². The van der Waals surface area contributed by atoms with Crippen molar-refractivity contribution in [3.05, 3.63) is 64.1 Å². The Morgan fingerprint density at radius 3 is 2.35 bits per heavy atom. The first-order valence-electron chi connectivity index (χ1n) is 6.90. The number of hydrogen-bond donors (Lipinski definition) is 2. The highest BCUT2D eigenvalue weighted by Gasteiger charge is 2.09. The Kier molecular flexibility index (Phi) is 5.65. The summed E-state index contributed by atoms with van der Waals surface area (Å²) in [6.45, 7) is 1.30. The lowest BCUT2D eigenvalue weighted by atomic mass is 10.1. The molecular formula is C17H15BrN2O3. The third kappa shape index (κ3) is 5.03. The minimum atomic E-state index is -0.365. The summed E-state index contributed by atoms with van der Waals surface area (Å²) in [7, 11) is 0. The van der Waals surface area contributed by atoms with Crippen LogP contribution in [0.4, 0.5) is 5.69 Å². The van der Waals surface area contributed by atoms with Crippen LogP contribution in [0.5, 0.6) is 0 Å². The maximum Gasteiger partial charge on any atom is 0.251 e. The Morgan fingerprint density at radius 1 is 1.00 bits per heavy atom. The van der Waals surface area contributed by atoms with E-state index in [-0.39, 0.29) is 24.1 Å². The number of halogens is 1. The second-order valence-corrected chi connectivity index (χ2v) is 5.79. The molecule has 0 aliphatic heterocycles. The van der Waals surface area contributed by atoms with Crippen LogP contribution in [0.3, 0.4) is 0 Å². The van der Waals surface area contributed by atoms with Gasteiger partial charge in [-0.05, 0) is 43.3 Å². The summed E-state index contributed by atoms with van der Waals surface area (Å²) in [5.74, 6) is -0.772. The van der Waals surface area contributed by atoms with E-state index in [0.717, 1.165) is 4.47 Å². The van der Waals surface area contributed by atoms with Crippen molar-refractivity contribution in [2.75, 3.05) is 11.9 Å². The first-order valence-corrected chi connectivity index (χ1v) is 7.69. The third-order valence-corrected chi connectivity index (χ3v) is 3.60. The Balaban J connectivity index is 1.90. The van der Waals surface area contributed by atoms with Gasteiger partial charge in [-0.15, -0.1) is 0 Å². The van der Waals surface area contributed by atoms with Crippen LogP contribution < -0.4 is 10.6 Å². The fraction of sp³-hybridized carbons (Fsp3) is 0.118. The lowest BCUT2D eigenvalue weighted by Gasteiger charge is -2.08. The van der Waals surface area contributed by atoms with Crippen LogP contribution in [0.25, 0.3) is 0 Å². The first kappa shape index (κ1) is 16.9. The fourth-order valence-electron chi connectivity index (χ4n) is 1.89. The van der Waals surface area contributed by atoms with Crippen LogP contribution in [-0.4, -0.2) is 24.1 Å². The average molecular weight is 375 g/mol. The molecule has 5 nitrogen and oxygen atoms in total. The van der Waals surface area contributed by atoms with Crippen molar-refractivity contribution in [3.8, 4) is 0 Å². The third-order valence-electron chi connectivity index (χ3n) is 3.07. The summed E-state index contributed by atoms with van der Waals surface area (Å²) in [5.41, 5.74) is 1.50. The van der Waals surface area contributed by atoms with Gasteiger partial charge in [0.1, 0.15) is 0 Å². The highest BCUT2D eigenvalue weighted by Crippen LogP contribution is 2.11. The van der Waals surface area contributed by atoms with E-state index in [0.29, 0.717) is 16.8 Å². The summed E-state index contributed by atoms with van der Waals surface area (Å²) >= 11 is 3.29. The van der Waals surface area contributed by atoms with Crippen molar-refractivity contribution < 1.29 is 14.4 Å². The lowest BCUT2D eigenvalue weighted by Crippen LogP contribution is -2.32. The van der Waals surface area contributed by atoms with Crippen molar-refractivity contribution in [3.63, 3.8) is 0 Å². The second-order valence-electron chi connectivity index (χ2n) is 4.87. The molecule has 0 aromatic heterocycles. The summed E-state index contributed by atoms with van der Waals surface area (Å²) < 4.78 is 0.872. The minimum absolute atomic E-state index is 0.0790. The number of anilines is 1. The van der Waals surface area contributed by atoms with Gasteiger partial charge in [0.25, 0.3) is 5.91 Å². The van der Waals surface area contributed by atoms with Gasteiger partial charge < -0.3 is 10.6 Å². The number of hydrogen-bond acceptors (Lipinski definition) is 3. The molecular weight excluding hydrogens is 360 g/mol. The van der Waals surface area contributed by atoms with E-state index < -0.39 is 0 Å². The van der Waals surface area contributed by atoms with E-state index in [2.05, 4.69) is 26.6 Å². The van der Waals surface area contributed by atoms with Gasteiger partial charge in [0.15, 0.2) is 5.78 Å². The van der Waals surface area contributed by atoms with Gasteiger partial charge in [0.2, 0.25) is 5.91 Å². The topological polar surface area (TPSA) is 75.3 Å². The molecule has 0 spiro atoms. The van der Waals surface area contributed by atoms with Crippen LogP contribution in [0, 0.1) is 0 Å². The zero-order valence-electron chi connectivity index (χ0n) is 12.4. The second kappa shape index (κ2) is 7.69. The number of Topliss-reactive ketones (excluding diaryl/α,β-unsaturated/α-hetero) is 1. The highest BCUT2D eigenvalue weighted by atomic mass is 79.9. The van der Waals surface area contributed by atoms with Crippen LogP contribution in [0.2, 0.25) is 0 Å². The molecule has 0 radical (unpaired) electrons. The molecule has 0 unspecified atom stereocenters. The number of rotatable bonds is 5. The molecule has 0 bridgehead atoms. The fourth-order valence-corrected chi connectivity index (χ4v) is 2.15. The molecule has 0 atom stereocenters. The van der Waals surface area contributed by atoms with Crippen molar-refractivity contribution in [2.24, 2.45) is 0 Å². The van der Waals surface area contributed by atoms with Gasteiger partial charge in [-0.1, -0.05) is 28.1 Å². The highest BCUT2D eigenvalue weighted by molar-refractivity contribution is 9.10. The summed E-state index contributed by atoms with van der Waals surface area (Å²) in [4.78, 5) is 35.1. The first-order chi connectivity index (χ1) is 11.0. The maximum absolute atomic E-state index is 11.9. The molecule has 0 saturated heterocycles. The smallest absolute Gasteiger partial charge is 0.251 e. The van der Waals surface area contributed by atoms with Crippen molar-refractivity contribution >= 4 is 39.2 Å². The summed E-state index contributed by atoms with van der Waals surface area (Å²) in [6.07, 6.45) is 0. The van der Waals surface area contributed by atoms with Gasteiger partial charge in [0, 0.05) is 21.3 Å². The molecule has 118 valence electrons. The van der Waals surface area contributed by atoms with E-state index in [1.54, 1.807) is 48.5 Å². The largest absolute Gasteiger partial charge is 0.343 e. The van der Waals surface area contributed by atoms with Crippen LogP contribution in [-0.2, 0) is 4.79 Å². The maximum atomic E-state index is 11.9.